The minimum atomic E-state index is -0.364. The van der Waals surface area contributed by atoms with Gasteiger partial charge in [0.25, 0.3) is 5.91 Å². The standard InChI is InChI=1S/C13H13N3O4/c1-19-11(17)6-7-14-12(18)9-2-4-10(5-3-9)13-16-15-8-20-13/h2-5,8H,6-7H2,1H3,(H,14,18). The minimum Gasteiger partial charge on any atom is -0.469 e. The summed E-state index contributed by atoms with van der Waals surface area (Å²) < 4.78 is 9.53. The number of amides is 1. The van der Waals surface area contributed by atoms with Crippen molar-refractivity contribution in [3.8, 4) is 11.5 Å². The number of hydrogen-bond acceptors (Lipinski definition) is 6. The number of nitrogens with one attached hydrogen (secondary N) is 1. The van der Waals surface area contributed by atoms with E-state index in [1.807, 2.05) is 0 Å². The van der Waals surface area contributed by atoms with E-state index in [0.29, 0.717) is 11.5 Å². The first-order valence-electron chi connectivity index (χ1n) is 5.92. The third-order valence-corrected chi connectivity index (χ3v) is 2.60. The second kappa shape index (κ2) is 6.46. The molecule has 20 heavy (non-hydrogen) atoms. The number of esters is 1. The van der Waals surface area contributed by atoms with Gasteiger partial charge in [-0.15, -0.1) is 10.2 Å². The molecule has 2 rings (SSSR count). The summed E-state index contributed by atoms with van der Waals surface area (Å²) in [5.41, 5.74) is 1.21. The molecule has 0 saturated carbocycles. The Morgan fingerprint density at radius 3 is 2.65 bits per heavy atom. The molecular formula is C13H13N3O4. The van der Waals surface area contributed by atoms with Crippen molar-refractivity contribution in [2.75, 3.05) is 13.7 Å². The van der Waals surface area contributed by atoms with Gasteiger partial charge < -0.3 is 14.5 Å². The Labute approximate surface area is 115 Å². The molecule has 7 nitrogen and oxygen atoms in total. The second-order valence-electron chi connectivity index (χ2n) is 3.90. The van der Waals surface area contributed by atoms with Crippen LogP contribution in [0, 0.1) is 0 Å². The molecule has 1 amide bonds. The van der Waals surface area contributed by atoms with Crippen molar-refractivity contribution in [3.05, 3.63) is 36.2 Å². The summed E-state index contributed by atoms with van der Waals surface area (Å²) in [5, 5.41) is 9.98. The van der Waals surface area contributed by atoms with Crippen molar-refractivity contribution in [2.45, 2.75) is 6.42 Å². The van der Waals surface area contributed by atoms with Crippen molar-refractivity contribution >= 4 is 11.9 Å². The maximum absolute atomic E-state index is 11.8. The Hall–Kier alpha value is -2.70. The molecule has 0 aliphatic rings. The van der Waals surface area contributed by atoms with Crippen LogP contribution in [-0.4, -0.2) is 35.7 Å². The molecule has 1 aromatic carbocycles. The van der Waals surface area contributed by atoms with Crippen LogP contribution < -0.4 is 5.32 Å². The maximum Gasteiger partial charge on any atom is 0.307 e. The SMILES string of the molecule is COC(=O)CCNC(=O)c1ccc(-c2nnco2)cc1. The van der Waals surface area contributed by atoms with Crippen molar-refractivity contribution in [1.82, 2.24) is 15.5 Å². The highest BCUT2D eigenvalue weighted by atomic mass is 16.5. The zero-order valence-electron chi connectivity index (χ0n) is 10.8. The van der Waals surface area contributed by atoms with E-state index in [4.69, 9.17) is 4.42 Å². The van der Waals surface area contributed by atoms with Gasteiger partial charge in [0.2, 0.25) is 12.3 Å². The fourth-order valence-corrected chi connectivity index (χ4v) is 1.55. The molecule has 0 spiro atoms. The normalized spacial score (nSPS) is 10.1. The molecule has 0 aliphatic heterocycles. The highest BCUT2D eigenvalue weighted by molar-refractivity contribution is 5.94. The third-order valence-electron chi connectivity index (χ3n) is 2.60. The van der Waals surface area contributed by atoms with Gasteiger partial charge in [0, 0.05) is 17.7 Å². The summed E-state index contributed by atoms with van der Waals surface area (Å²) in [6.45, 7) is 0.233. The predicted octanol–water partition coefficient (Wildman–Crippen LogP) is 1.03. The van der Waals surface area contributed by atoms with Crippen LogP contribution in [-0.2, 0) is 9.53 Å². The van der Waals surface area contributed by atoms with Gasteiger partial charge in [-0.1, -0.05) is 0 Å². The first-order valence-corrected chi connectivity index (χ1v) is 5.92. The molecule has 0 bridgehead atoms. The average molecular weight is 275 g/mol. The van der Waals surface area contributed by atoms with Gasteiger partial charge in [0.1, 0.15) is 0 Å². The molecule has 0 unspecified atom stereocenters. The van der Waals surface area contributed by atoms with E-state index in [9.17, 15) is 9.59 Å². The number of ether oxygens (including phenoxy) is 1. The fraction of sp³-hybridized carbons (Fsp3) is 0.231. The van der Waals surface area contributed by atoms with Crippen LogP contribution in [0.3, 0.4) is 0 Å². The number of hydrogen-bond donors (Lipinski definition) is 1. The smallest absolute Gasteiger partial charge is 0.307 e. The number of methoxy groups -OCH3 is 1. The van der Waals surface area contributed by atoms with Crippen LogP contribution >= 0.6 is 0 Å². The fourth-order valence-electron chi connectivity index (χ4n) is 1.55. The monoisotopic (exact) mass is 275 g/mol. The van der Waals surface area contributed by atoms with E-state index in [1.165, 1.54) is 13.5 Å². The molecular weight excluding hydrogens is 262 g/mol. The van der Waals surface area contributed by atoms with Gasteiger partial charge in [-0.05, 0) is 24.3 Å². The van der Waals surface area contributed by atoms with E-state index >= 15 is 0 Å². The van der Waals surface area contributed by atoms with Crippen LogP contribution in [0.4, 0.5) is 0 Å². The molecule has 0 atom stereocenters. The summed E-state index contributed by atoms with van der Waals surface area (Å²) in [6, 6.07) is 6.71. The second-order valence-corrected chi connectivity index (χ2v) is 3.90. The van der Waals surface area contributed by atoms with E-state index in [1.54, 1.807) is 24.3 Å². The average Bonchev–Trinajstić information content (AvgIpc) is 3.01. The quantitative estimate of drug-likeness (QED) is 0.819. The molecule has 0 fully saturated rings. The summed E-state index contributed by atoms with van der Waals surface area (Å²) in [7, 11) is 1.31. The summed E-state index contributed by atoms with van der Waals surface area (Å²) in [4.78, 5) is 22.7. The number of benzene rings is 1. The lowest BCUT2D eigenvalue weighted by atomic mass is 10.1. The van der Waals surface area contributed by atoms with Crippen LogP contribution in [0.5, 0.6) is 0 Å². The highest BCUT2D eigenvalue weighted by Crippen LogP contribution is 2.16. The van der Waals surface area contributed by atoms with Crippen LogP contribution in [0.15, 0.2) is 35.1 Å². The number of nitrogens with zero attached hydrogens (tertiary/aromatic N) is 2. The van der Waals surface area contributed by atoms with E-state index < -0.39 is 0 Å². The van der Waals surface area contributed by atoms with Crippen molar-refractivity contribution in [1.29, 1.82) is 0 Å². The minimum absolute atomic E-state index is 0.141. The predicted molar refractivity (Wildman–Crippen MR) is 68.7 cm³/mol. The zero-order chi connectivity index (χ0) is 14.4. The van der Waals surface area contributed by atoms with Gasteiger partial charge in [0.15, 0.2) is 0 Å². The number of carbonyl (C=O) groups is 2. The van der Waals surface area contributed by atoms with Crippen LogP contribution in [0.25, 0.3) is 11.5 Å². The number of rotatable bonds is 5. The summed E-state index contributed by atoms with van der Waals surface area (Å²) in [6.07, 6.45) is 1.38. The Balaban J connectivity index is 1.92. The highest BCUT2D eigenvalue weighted by Gasteiger charge is 2.08. The van der Waals surface area contributed by atoms with E-state index in [0.717, 1.165) is 5.56 Å². The molecule has 0 saturated heterocycles. The molecule has 1 aromatic heterocycles. The van der Waals surface area contributed by atoms with Crippen molar-refractivity contribution in [3.63, 3.8) is 0 Å². The Morgan fingerprint density at radius 1 is 1.30 bits per heavy atom. The molecule has 0 aliphatic carbocycles. The third kappa shape index (κ3) is 3.41. The molecule has 1 N–H and O–H groups in total. The molecule has 1 heterocycles. The molecule has 0 radical (unpaired) electrons. The summed E-state index contributed by atoms with van der Waals surface area (Å²) >= 11 is 0. The van der Waals surface area contributed by atoms with E-state index in [-0.39, 0.29) is 24.8 Å². The zero-order valence-corrected chi connectivity index (χ0v) is 10.8. The van der Waals surface area contributed by atoms with Crippen LogP contribution in [0.2, 0.25) is 0 Å². The Morgan fingerprint density at radius 2 is 2.05 bits per heavy atom. The number of aromatic nitrogens is 2. The lowest BCUT2D eigenvalue weighted by molar-refractivity contribution is -0.140. The Bertz CT molecular complexity index is 578. The summed E-state index contributed by atoms with van der Waals surface area (Å²) in [5.74, 6) is -0.231. The van der Waals surface area contributed by atoms with Gasteiger partial charge >= 0.3 is 5.97 Å². The Kier molecular flexibility index (Phi) is 4.43. The van der Waals surface area contributed by atoms with Gasteiger partial charge in [-0.2, -0.15) is 0 Å². The molecule has 2 aromatic rings. The van der Waals surface area contributed by atoms with Gasteiger partial charge in [-0.25, -0.2) is 0 Å². The first kappa shape index (κ1) is 13.7. The number of carbonyl (C=O) groups excluding carboxylic acids is 2. The lowest BCUT2D eigenvalue weighted by Gasteiger charge is -2.04. The van der Waals surface area contributed by atoms with Gasteiger partial charge in [-0.3, -0.25) is 9.59 Å². The van der Waals surface area contributed by atoms with Crippen LogP contribution in [0.1, 0.15) is 16.8 Å². The van der Waals surface area contributed by atoms with Gasteiger partial charge in [0.05, 0.1) is 13.5 Å². The van der Waals surface area contributed by atoms with Crippen molar-refractivity contribution in [2.24, 2.45) is 0 Å². The molecule has 104 valence electrons. The maximum atomic E-state index is 11.8. The molecule has 7 heteroatoms. The first-order chi connectivity index (χ1) is 9.70. The largest absolute Gasteiger partial charge is 0.469 e. The van der Waals surface area contributed by atoms with Crippen molar-refractivity contribution < 1.29 is 18.7 Å². The van der Waals surface area contributed by atoms with E-state index in [2.05, 4.69) is 20.3 Å². The topological polar surface area (TPSA) is 94.3 Å². The lowest BCUT2D eigenvalue weighted by Crippen LogP contribution is -2.26.